The monoisotopic (exact) mass is 293 g/mol. The molecule has 0 bridgehead atoms. The second-order valence-electron chi connectivity index (χ2n) is 5.23. The van der Waals surface area contributed by atoms with Crippen LogP contribution in [0.4, 0.5) is 0 Å². The van der Waals surface area contributed by atoms with Gasteiger partial charge in [-0.25, -0.2) is 4.79 Å². The van der Waals surface area contributed by atoms with E-state index in [1.165, 1.54) is 0 Å². The van der Waals surface area contributed by atoms with Crippen LogP contribution in [0.15, 0.2) is 12.2 Å². The molecule has 0 saturated heterocycles. The number of unbranched alkanes of at least 4 members (excludes halogenated alkanes) is 1. The van der Waals surface area contributed by atoms with Crippen molar-refractivity contribution in [2.75, 3.05) is 33.3 Å². The molecule has 2 unspecified atom stereocenters. The lowest BCUT2D eigenvalue weighted by molar-refractivity contribution is -0.911. The second kappa shape index (κ2) is 10.2. The maximum Gasteiger partial charge on any atom is 0.333 e. The Morgan fingerprint density at radius 1 is 1.42 bits per heavy atom. The van der Waals surface area contributed by atoms with Crippen molar-refractivity contribution in [1.82, 2.24) is 0 Å². The van der Waals surface area contributed by atoms with E-state index >= 15 is 0 Å². The summed E-state index contributed by atoms with van der Waals surface area (Å²) >= 11 is 0. The fourth-order valence-corrected chi connectivity index (χ4v) is 1.77. The Kier molecular flexibility index (Phi) is 11.2. The van der Waals surface area contributed by atoms with Crippen molar-refractivity contribution in [2.24, 2.45) is 0 Å². The fraction of sp³-hybridized carbons (Fsp3) is 0.786. The fourth-order valence-electron chi connectivity index (χ4n) is 1.77. The highest BCUT2D eigenvalue weighted by Crippen LogP contribution is 2.08. The van der Waals surface area contributed by atoms with Crippen molar-refractivity contribution >= 4 is 5.97 Å². The van der Waals surface area contributed by atoms with Gasteiger partial charge in [-0.05, 0) is 20.3 Å². The van der Waals surface area contributed by atoms with E-state index in [9.17, 15) is 9.90 Å². The van der Waals surface area contributed by atoms with E-state index < -0.39 is 12.1 Å². The van der Waals surface area contributed by atoms with Crippen molar-refractivity contribution in [3.8, 4) is 0 Å². The Bertz CT molecular complexity index is 284. The van der Waals surface area contributed by atoms with Crippen LogP contribution in [-0.4, -0.2) is 55.0 Å². The van der Waals surface area contributed by atoms with Gasteiger partial charge < -0.3 is 26.7 Å². The van der Waals surface area contributed by atoms with Crippen LogP contribution in [-0.2, 0) is 9.53 Å². The maximum absolute atomic E-state index is 11.2. The van der Waals surface area contributed by atoms with E-state index in [1.54, 1.807) is 6.92 Å². The number of carbonyl (C=O) groups is 1. The Balaban J connectivity index is 0. The predicted molar refractivity (Wildman–Crippen MR) is 73.1 cm³/mol. The Hall–Kier alpha value is -0.580. The lowest BCUT2D eigenvalue weighted by Crippen LogP contribution is -3.00. The average Bonchev–Trinajstić information content (AvgIpc) is 2.33. The van der Waals surface area contributed by atoms with Gasteiger partial charge in [0.2, 0.25) is 0 Å². The summed E-state index contributed by atoms with van der Waals surface area (Å²) < 4.78 is 5.77. The topological polar surface area (TPSA) is 46.5 Å². The summed E-state index contributed by atoms with van der Waals surface area (Å²) in [6, 6.07) is 0. The van der Waals surface area contributed by atoms with Gasteiger partial charge in [0.15, 0.2) is 0 Å². The van der Waals surface area contributed by atoms with Gasteiger partial charge in [0.1, 0.15) is 19.3 Å². The van der Waals surface area contributed by atoms with E-state index in [4.69, 9.17) is 4.74 Å². The molecule has 5 heteroatoms. The van der Waals surface area contributed by atoms with E-state index in [2.05, 4.69) is 27.5 Å². The van der Waals surface area contributed by atoms with Gasteiger partial charge in [-0.15, -0.1) is 0 Å². The first kappa shape index (κ1) is 20.7. The van der Waals surface area contributed by atoms with Gasteiger partial charge in [0.05, 0.1) is 20.1 Å². The van der Waals surface area contributed by atoms with Crippen molar-refractivity contribution < 1.29 is 31.5 Å². The molecule has 0 aromatic rings. The number of quaternary nitrogens is 1. The number of rotatable bonds is 9. The zero-order valence-electron chi connectivity index (χ0n) is 12.6. The molecule has 0 aliphatic carbocycles. The van der Waals surface area contributed by atoms with Crippen LogP contribution in [0, 0.1) is 0 Å². The van der Waals surface area contributed by atoms with Gasteiger partial charge in [-0.2, -0.15) is 0 Å². The van der Waals surface area contributed by atoms with Crippen LogP contribution in [0.3, 0.4) is 0 Å². The van der Waals surface area contributed by atoms with Crippen molar-refractivity contribution in [1.29, 1.82) is 0 Å². The summed E-state index contributed by atoms with van der Waals surface area (Å²) in [5.74, 6) is -0.437. The number of likely N-dealkylation sites (N-methyl/N-ethyl adjacent to an activating group) is 1. The minimum atomic E-state index is -0.616. The summed E-state index contributed by atoms with van der Waals surface area (Å²) in [6.07, 6.45) is 1.67. The zero-order chi connectivity index (χ0) is 14.2. The molecule has 0 amide bonds. The Morgan fingerprint density at radius 2 is 2.00 bits per heavy atom. The summed E-state index contributed by atoms with van der Waals surface area (Å²) in [7, 11) is 2.12. The van der Waals surface area contributed by atoms with Crippen LogP contribution >= 0.6 is 0 Å². The number of halogens is 1. The number of carbonyl (C=O) groups excluding carboxylic acids is 1. The number of hydrogen-bond donors (Lipinski definition) is 1. The molecule has 0 spiro atoms. The molecule has 4 nitrogen and oxygen atoms in total. The molecular weight excluding hydrogens is 266 g/mol. The average molecular weight is 294 g/mol. The number of nitrogens with zero attached hydrogens (tertiary/aromatic N) is 1. The van der Waals surface area contributed by atoms with Crippen LogP contribution in [0.2, 0.25) is 0 Å². The van der Waals surface area contributed by atoms with Gasteiger partial charge >= 0.3 is 5.97 Å². The Morgan fingerprint density at radius 3 is 2.42 bits per heavy atom. The lowest BCUT2D eigenvalue weighted by Gasteiger charge is -2.35. The normalized spacial score (nSPS) is 15.0. The predicted octanol–water partition coefficient (Wildman–Crippen LogP) is -1.26. The SMILES string of the molecule is C=C(C)C(=O)OCC(O)C[N+](C)(CC)CCCC.[Cl-]. The molecule has 0 rings (SSSR count). The molecule has 19 heavy (non-hydrogen) atoms. The molecule has 0 fully saturated rings. The van der Waals surface area contributed by atoms with Crippen LogP contribution in [0.25, 0.3) is 0 Å². The smallest absolute Gasteiger partial charge is 0.333 e. The van der Waals surface area contributed by atoms with Crippen molar-refractivity contribution in [2.45, 2.75) is 39.7 Å². The highest BCUT2D eigenvalue weighted by atomic mass is 35.5. The van der Waals surface area contributed by atoms with Crippen LogP contribution in [0.5, 0.6) is 0 Å². The van der Waals surface area contributed by atoms with Crippen molar-refractivity contribution in [3.05, 3.63) is 12.2 Å². The lowest BCUT2D eigenvalue weighted by atomic mass is 10.2. The third kappa shape index (κ3) is 9.03. The van der Waals surface area contributed by atoms with Crippen LogP contribution in [0.1, 0.15) is 33.6 Å². The molecular formula is C14H28ClNO3. The quantitative estimate of drug-likeness (QED) is 0.328. The molecule has 0 heterocycles. The molecule has 0 aromatic heterocycles. The minimum absolute atomic E-state index is 0. The largest absolute Gasteiger partial charge is 1.00 e. The van der Waals surface area contributed by atoms with Crippen molar-refractivity contribution in [3.63, 3.8) is 0 Å². The second-order valence-corrected chi connectivity index (χ2v) is 5.23. The molecule has 1 N–H and O–H groups in total. The molecule has 114 valence electrons. The summed E-state index contributed by atoms with van der Waals surface area (Å²) in [4.78, 5) is 11.2. The molecule has 0 aliphatic rings. The maximum atomic E-state index is 11.2. The van der Waals surface area contributed by atoms with Gasteiger partial charge in [0.25, 0.3) is 0 Å². The number of aliphatic hydroxyl groups excluding tert-OH is 1. The standard InChI is InChI=1S/C14H28NO3.ClH/c1-6-8-9-15(5,7-2)10-13(16)11-18-14(17)12(3)4;/h13,16H,3,6-11H2,1-2,4-5H3;1H/q+1;/p-1. The summed E-state index contributed by atoms with van der Waals surface area (Å²) in [5.41, 5.74) is 0.362. The molecule has 0 saturated carbocycles. The first-order valence-corrected chi connectivity index (χ1v) is 6.69. The number of esters is 1. The summed E-state index contributed by atoms with van der Waals surface area (Å²) in [5, 5.41) is 9.92. The number of ether oxygens (including phenoxy) is 1. The molecule has 0 aliphatic heterocycles. The van der Waals surface area contributed by atoms with E-state index in [0.717, 1.165) is 30.4 Å². The van der Waals surface area contributed by atoms with E-state index in [1.807, 2.05) is 0 Å². The highest BCUT2D eigenvalue weighted by Gasteiger charge is 2.24. The zero-order valence-corrected chi connectivity index (χ0v) is 13.4. The summed E-state index contributed by atoms with van der Waals surface area (Å²) in [6.45, 7) is 12.0. The minimum Gasteiger partial charge on any atom is -1.00 e. The van der Waals surface area contributed by atoms with E-state index in [-0.39, 0.29) is 19.0 Å². The highest BCUT2D eigenvalue weighted by molar-refractivity contribution is 5.86. The van der Waals surface area contributed by atoms with Gasteiger partial charge in [-0.3, -0.25) is 0 Å². The first-order valence-electron chi connectivity index (χ1n) is 6.69. The number of aliphatic hydroxyl groups is 1. The number of hydrogen-bond acceptors (Lipinski definition) is 3. The van der Waals surface area contributed by atoms with Gasteiger partial charge in [0, 0.05) is 5.57 Å². The molecule has 0 radical (unpaired) electrons. The third-order valence-corrected chi connectivity index (χ3v) is 3.22. The molecule has 2 atom stereocenters. The van der Waals surface area contributed by atoms with E-state index in [0.29, 0.717) is 12.1 Å². The molecule has 0 aromatic carbocycles. The van der Waals surface area contributed by atoms with Gasteiger partial charge in [-0.1, -0.05) is 19.9 Å². The Labute approximate surface area is 123 Å². The van der Waals surface area contributed by atoms with Crippen LogP contribution < -0.4 is 12.4 Å². The first-order chi connectivity index (χ1) is 8.34. The third-order valence-electron chi connectivity index (χ3n) is 3.22.